The quantitative estimate of drug-likeness (QED) is 0.528. The van der Waals surface area contributed by atoms with Crippen molar-refractivity contribution in [2.45, 2.75) is 26.4 Å². The number of halogens is 1. The maximum Gasteiger partial charge on any atom is 0.264 e. The number of thiophene rings is 1. The van der Waals surface area contributed by atoms with E-state index in [1.807, 2.05) is 58.9 Å². The van der Waals surface area contributed by atoms with Crippen molar-refractivity contribution in [3.05, 3.63) is 81.3 Å². The monoisotopic (exact) mass is 455 g/mol. The summed E-state index contributed by atoms with van der Waals surface area (Å²) in [6.45, 7) is 6.06. The lowest BCUT2D eigenvalue weighted by Crippen LogP contribution is -2.48. The molecular formula is C24H26ClN3O2S. The molecule has 0 radical (unpaired) electrons. The average Bonchev–Trinajstić information content (AvgIpc) is 3.44. The highest BCUT2D eigenvalue weighted by Gasteiger charge is 2.33. The maximum absolute atomic E-state index is 13.5. The Bertz CT molecular complexity index is 1040. The van der Waals surface area contributed by atoms with Crippen LogP contribution < -0.4 is 0 Å². The van der Waals surface area contributed by atoms with Crippen LogP contribution in [0, 0.1) is 5.92 Å². The summed E-state index contributed by atoms with van der Waals surface area (Å²) in [5.41, 5.74) is 2.08. The number of fused-ring (bicyclic) bond motifs is 1. The number of amides is 2. The van der Waals surface area contributed by atoms with Crippen LogP contribution in [-0.4, -0.2) is 45.8 Å². The predicted octanol–water partition coefficient (Wildman–Crippen LogP) is 4.93. The van der Waals surface area contributed by atoms with Gasteiger partial charge < -0.3 is 14.4 Å². The van der Waals surface area contributed by atoms with Crippen LogP contribution in [0.3, 0.4) is 0 Å². The highest BCUT2D eigenvalue weighted by atomic mass is 35.5. The van der Waals surface area contributed by atoms with Crippen molar-refractivity contribution in [1.29, 1.82) is 0 Å². The van der Waals surface area contributed by atoms with E-state index in [-0.39, 0.29) is 30.3 Å². The van der Waals surface area contributed by atoms with Crippen LogP contribution in [0.1, 0.15) is 40.8 Å². The Balaban J connectivity index is 1.62. The predicted molar refractivity (Wildman–Crippen MR) is 125 cm³/mol. The molecule has 0 saturated heterocycles. The Morgan fingerprint density at radius 3 is 2.58 bits per heavy atom. The molecule has 1 aliphatic rings. The summed E-state index contributed by atoms with van der Waals surface area (Å²) in [5.74, 6) is 0.140. The second-order valence-corrected chi connectivity index (χ2v) is 9.61. The zero-order chi connectivity index (χ0) is 22.0. The number of benzene rings is 1. The van der Waals surface area contributed by atoms with Crippen molar-refractivity contribution in [1.82, 2.24) is 14.4 Å². The molecule has 0 saturated carbocycles. The smallest absolute Gasteiger partial charge is 0.264 e. The van der Waals surface area contributed by atoms with Crippen molar-refractivity contribution in [2.24, 2.45) is 5.92 Å². The van der Waals surface area contributed by atoms with Crippen LogP contribution in [0.25, 0.3) is 0 Å². The topological polar surface area (TPSA) is 45.6 Å². The summed E-state index contributed by atoms with van der Waals surface area (Å²) in [6, 6.07) is 15.2. The van der Waals surface area contributed by atoms with Gasteiger partial charge in [0.15, 0.2) is 0 Å². The molecule has 0 bridgehead atoms. The lowest BCUT2D eigenvalue weighted by molar-refractivity contribution is -0.134. The summed E-state index contributed by atoms with van der Waals surface area (Å²) in [4.78, 5) is 30.8. The molecule has 7 heteroatoms. The van der Waals surface area contributed by atoms with E-state index in [9.17, 15) is 9.59 Å². The largest absolute Gasteiger partial charge is 0.348 e. The van der Waals surface area contributed by atoms with Crippen molar-refractivity contribution < 1.29 is 9.59 Å². The zero-order valence-electron chi connectivity index (χ0n) is 17.7. The second kappa shape index (κ2) is 9.28. The molecule has 162 valence electrons. The molecule has 3 aromatic rings. The Kier molecular flexibility index (Phi) is 6.49. The van der Waals surface area contributed by atoms with Crippen LogP contribution in [0.15, 0.2) is 60.1 Å². The van der Waals surface area contributed by atoms with Crippen LogP contribution in [-0.2, 0) is 11.3 Å². The van der Waals surface area contributed by atoms with Crippen LogP contribution in [0.4, 0.5) is 0 Å². The molecule has 3 heterocycles. The molecule has 1 aromatic carbocycles. The molecule has 0 aliphatic carbocycles. The Morgan fingerprint density at radius 2 is 1.90 bits per heavy atom. The normalized spacial score (nSPS) is 15.7. The summed E-state index contributed by atoms with van der Waals surface area (Å²) in [5, 5.41) is 2.55. The van der Waals surface area contributed by atoms with Gasteiger partial charge in [-0.05, 0) is 47.2 Å². The summed E-state index contributed by atoms with van der Waals surface area (Å²) < 4.78 is 2.19. The first kappa shape index (κ1) is 21.7. The molecule has 0 fully saturated rings. The van der Waals surface area contributed by atoms with E-state index >= 15 is 0 Å². The average molecular weight is 456 g/mol. The fourth-order valence-corrected chi connectivity index (χ4v) is 4.93. The lowest BCUT2D eigenvalue weighted by atomic mass is 9.99. The summed E-state index contributed by atoms with van der Waals surface area (Å²) in [6.07, 6.45) is 2.05. The molecule has 1 unspecified atom stereocenters. The van der Waals surface area contributed by atoms with Gasteiger partial charge in [0.1, 0.15) is 6.54 Å². The first-order valence-electron chi connectivity index (χ1n) is 10.5. The third-order valence-electron chi connectivity index (χ3n) is 5.48. The minimum atomic E-state index is -0.203. The number of hydrogen-bond acceptors (Lipinski definition) is 3. The third-order valence-corrected chi connectivity index (χ3v) is 6.59. The van der Waals surface area contributed by atoms with Crippen LogP contribution in [0.5, 0.6) is 0 Å². The summed E-state index contributed by atoms with van der Waals surface area (Å²) >= 11 is 7.51. The van der Waals surface area contributed by atoms with Crippen molar-refractivity contribution in [3.8, 4) is 0 Å². The molecular weight excluding hydrogens is 430 g/mol. The highest BCUT2D eigenvalue weighted by Crippen LogP contribution is 2.33. The molecule has 1 aliphatic heterocycles. The van der Waals surface area contributed by atoms with E-state index < -0.39 is 0 Å². The van der Waals surface area contributed by atoms with Crippen LogP contribution in [0.2, 0.25) is 5.02 Å². The molecule has 1 atom stereocenters. The Labute approximate surface area is 191 Å². The van der Waals surface area contributed by atoms with Gasteiger partial charge in [-0.2, -0.15) is 0 Å². The van der Waals surface area contributed by atoms with Gasteiger partial charge in [-0.15, -0.1) is 11.3 Å². The van der Waals surface area contributed by atoms with Gasteiger partial charge in [-0.1, -0.05) is 43.6 Å². The van der Waals surface area contributed by atoms with Crippen molar-refractivity contribution >= 4 is 34.8 Å². The van der Waals surface area contributed by atoms with Gasteiger partial charge in [0.25, 0.3) is 5.91 Å². The molecule has 0 N–H and O–H groups in total. The van der Waals surface area contributed by atoms with Gasteiger partial charge in [0, 0.05) is 36.5 Å². The van der Waals surface area contributed by atoms with E-state index in [0.29, 0.717) is 23.0 Å². The lowest BCUT2D eigenvalue weighted by Gasteiger charge is -2.38. The highest BCUT2D eigenvalue weighted by molar-refractivity contribution is 7.12. The number of carbonyl (C=O) groups excluding carboxylic acids is 2. The molecule has 2 aromatic heterocycles. The molecule has 4 rings (SSSR count). The van der Waals surface area contributed by atoms with E-state index in [0.717, 1.165) is 17.8 Å². The number of carbonyl (C=O) groups is 2. The fourth-order valence-electron chi connectivity index (χ4n) is 4.12. The zero-order valence-corrected chi connectivity index (χ0v) is 19.3. The summed E-state index contributed by atoms with van der Waals surface area (Å²) in [7, 11) is 0. The van der Waals surface area contributed by atoms with E-state index in [2.05, 4.69) is 24.5 Å². The fraction of sp³-hybridized carbons (Fsp3) is 0.333. The Morgan fingerprint density at radius 1 is 1.13 bits per heavy atom. The number of hydrogen-bond donors (Lipinski definition) is 0. The standard InChI is InChI=1S/C24H26ClN3O2S/c1-17(2)15-27(24(30)21-6-4-14-31-21)16-22(29)28-13-12-26-11-3-5-20(26)23(28)18-7-9-19(25)10-8-18/h3-11,14,17,23H,12-13,15-16H2,1-2H3. The minimum Gasteiger partial charge on any atom is -0.348 e. The van der Waals surface area contributed by atoms with Crippen molar-refractivity contribution in [2.75, 3.05) is 19.6 Å². The Hall–Kier alpha value is -2.57. The second-order valence-electron chi connectivity index (χ2n) is 8.22. The molecule has 31 heavy (non-hydrogen) atoms. The van der Waals surface area contributed by atoms with Gasteiger partial charge in [-0.25, -0.2) is 0 Å². The third kappa shape index (κ3) is 4.70. The minimum absolute atomic E-state index is 0.0436. The number of rotatable bonds is 6. The van der Waals surface area contributed by atoms with Gasteiger partial charge in [0.05, 0.1) is 10.9 Å². The molecule has 0 spiro atoms. The number of nitrogens with zero attached hydrogens (tertiary/aromatic N) is 3. The van der Waals surface area contributed by atoms with Gasteiger partial charge >= 0.3 is 0 Å². The molecule has 5 nitrogen and oxygen atoms in total. The van der Waals surface area contributed by atoms with E-state index in [1.165, 1.54) is 11.3 Å². The van der Waals surface area contributed by atoms with E-state index in [1.54, 1.807) is 4.90 Å². The van der Waals surface area contributed by atoms with Gasteiger partial charge in [-0.3, -0.25) is 9.59 Å². The SMILES string of the molecule is CC(C)CN(CC(=O)N1CCn2cccc2C1c1ccc(Cl)cc1)C(=O)c1cccs1. The molecule has 2 amide bonds. The van der Waals surface area contributed by atoms with Gasteiger partial charge in [0.2, 0.25) is 5.91 Å². The van der Waals surface area contributed by atoms with Crippen LogP contribution >= 0.6 is 22.9 Å². The van der Waals surface area contributed by atoms with E-state index in [4.69, 9.17) is 11.6 Å². The van der Waals surface area contributed by atoms with Crippen molar-refractivity contribution in [3.63, 3.8) is 0 Å². The number of aromatic nitrogens is 1. The first-order valence-corrected chi connectivity index (χ1v) is 11.7. The maximum atomic E-state index is 13.5. The first-order chi connectivity index (χ1) is 14.9.